The zero-order valence-corrected chi connectivity index (χ0v) is 22.2. The molecule has 0 aliphatic rings. The molecule has 3 rings (SSSR count). The number of fused-ring (bicyclic) bond motifs is 1. The minimum absolute atomic E-state index is 0.178. The summed E-state index contributed by atoms with van der Waals surface area (Å²) in [6, 6.07) is 13.4. The SMILES string of the molecule is CCOC(=O)CN(CC(=O)OCC)C(=O)C=CCNc1ccc2ncnc(Nc3cccc(Br)c3)c2c1. The lowest BCUT2D eigenvalue weighted by Gasteiger charge is -2.19. The number of ether oxygens (including phenoxy) is 2. The van der Waals surface area contributed by atoms with Crippen LogP contribution >= 0.6 is 15.9 Å². The molecule has 0 saturated carbocycles. The van der Waals surface area contributed by atoms with Crippen molar-refractivity contribution in [2.24, 2.45) is 0 Å². The molecule has 0 radical (unpaired) electrons. The first-order chi connectivity index (χ1) is 17.9. The Morgan fingerprint density at radius 2 is 1.70 bits per heavy atom. The summed E-state index contributed by atoms with van der Waals surface area (Å²) in [5.74, 6) is -1.05. The number of esters is 2. The van der Waals surface area contributed by atoms with Crippen LogP contribution in [0.15, 0.2) is 65.4 Å². The molecule has 0 unspecified atom stereocenters. The number of hydrogen-bond donors (Lipinski definition) is 2. The van der Waals surface area contributed by atoms with E-state index < -0.39 is 17.8 Å². The topological polar surface area (TPSA) is 123 Å². The first-order valence-electron chi connectivity index (χ1n) is 11.7. The number of hydrogen-bond acceptors (Lipinski definition) is 9. The summed E-state index contributed by atoms with van der Waals surface area (Å²) < 4.78 is 10.7. The highest BCUT2D eigenvalue weighted by Gasteiger charge is 2.19. The van der Waals surface area contributed by atoms with Gasteiger partial charge in [-0.25, -0.2) is 9.97 Å². The molecule has 1 heterocycles. The fourth-order valence-corrected chi connectivity index (χ4v) is 3.75. The Morgan fingerprint density at radius 3 is 2.38 bits per heavy atom. The summed E-state index contributed by atoms with van der Waals surface area (Å²) >= 11 is 3.47. The molecule has 2 aromatic carbocycles. The number of anilines is 3. The van der Waals surface area contributed by atoms with Gasteiger partial charge < -0.3 is 25.0 Å². The quantitative estimate of drug-likeness (QED) is 0.245. The van der Waals surface area contributed by atoms with Gasteiger partial charge in [-0.1, -0.05) is 28.1 Å². The van der Waals surface area contributed by atoms with Crippen LogP contribution in [-0.2, 0) is 23.9 Å². The summed E-state index contributed by atoms with van der Waals surface area (Å²) in [6.07, 6.45) is 4.41. The smallest absolute Gasteiger partial charge is 0.325 e. The normalized spacial score (nSPS) is 10.8. The largest absolute Gasteiger partial charge is 0.465 e. The van der Waals surface area contributed by atoms with Gasteiger partial charge in [0.2, 0.25) is 5.91 Å². The summed E-state index contributed by atoms with van der Waals surface area (Å²) in [5, 5.41) is 7.35. The number of halogens is 1. The first-order valence-corrected chi connectivity index (χ1v) is 12.5. The lowest BCUT2D eigenvalue weighted by atomic mass is 10.2. The van der Waals surface area contributed by atoms with Crippen LogP contribution in [0.1, 0.15) is 13.8 Å². The van der Waals surface area contributed by atoms with Crippen LogP contribution in [-0.4, -0.2) is 65.6 Å². The third-order valence-corrected chi connectivity index (χ3v) is 5.46. The maximum absolute atomic E-state index is 12.6. The van der Waals surface area contributed by atoms with E-state index in [1.807, 2.05) is 42.5 Å². The van der Waals surface area contributed by atoms with E-state index in [9.17, 15) is 14.4 Å². The van der Waals surface area contributed by atoms with Gasteiger partial charge in [0.05, 0.1) is 18.7 Å². The molecule has 0 aliphatic heterocycles. The molecule has 1 amide bonds. The van der Waals surface area contributed by atoms with Crippen molar-refractivity contribution in [3.8, 4) is 0 Å². The van der Waals surface area contributed by atoms with E-state index in [0.29, 0.717) is 12.4 Å². The number of aromatic nitrogens is 2. The fourth-order valence-electron chi connectivity index (χ4n) is 3.35. The first kappa shape index (κ1) is 27.6. The number of rotatable bonds is 12. The third kappa shape index (κ3) is 8.57. The second-order valence-electron chi connectivity index (χ2n) is 7.68. The van der Waals surface area contributed by atoms with Crippen molar-refractivity contribution in [1.29, 1.82) is 0 Å². The Labute approximate surface area is 223 Å². The average Bonchev–Trinajstić information content (AvgIpc) is 2.87. The Bertz CT molecular complexity index is 1260. The van der Waals surface area contributed by atoms with E-state index in [1.54, 1.807) is 19.9 Å². The Kier molecular flexibility index (Phi) is 10.4. The Morgan fingerprint density at radius 1 is 0.973 bits per heavy atom. The van der Waals surface area contributed by atoms with E-state index in [-0.39, 0.29) is 26.3 Å². The highest BCUT2D eigenvalue weighted by Crippen LogP contribution is 2.26. The number of amides is 1. The van der Waals surface area contributed by atoms with Gasteiger partial charge in [0.25, 0.3) is 0 Å². The molecule has 1 aromatic heterocycles. The molecule has 11 heteroatoms. The third-order valence-electron chi connectivity index (χ3n) is 4.97. The van der Waals surface area contributed by atoms with Crippen LogP contribution in [0.5, 0.6) is 0 Å². The van der Waals surface area contributed by atoms with E-state index in [1.165, 1.54) is 12.4 Å². The van der Waals surface area contributed by atoms with Gasteiger partial charge in [0.1, 0.15) is 25.2 Å². The van der Waals surface area contributed by atoms with Crippen molar-refractivity contribution in [1.82, 2.24) is 14.9 Å². The van der Waals surface area contributed by atoms with E-state index in [4.69, 9.17) is 9.47 Å². The molecule has 37 heavy (non-hydrogen) atoms. The van der Waals surface area contributed by atoms with Crippen molar-refractivity contribution in [2.75, 3.05) is 43.5 Å². The van der Waals surface area contributed by atoms with E-state index in [0.717, 1.165) is 31.7 Å². The lowest BCUT2D eigenvalue weighted by molar-refractivity contribution is -0.152. The van der Waals surface area contributed by atoms with Crippen molar-refractivity contribution in [3.05, 3.63) is 65.4 Å². The number of carbonyl (C=O) groups is 3. The standard InChI is InChI=1S/C26H28BrN5O5/c1-3-36-24(34)15-32(16-25(35)37-4-2)23(33)9-6-12-28-19-10-11-22-21(14-19)26(30-17-29-22)31-20-8-5-7-18(27)13-20/h5-11,13-14,17,28H,3-4,12,15-16H2,1-2H3,(H,29,30,31). The minimum atomic E-state index is -0.600. The molecule has 0 fully saturated rings. The summed E-state index contributed by atoms with van der Waals surface area (Å²) in [4.78, 5) is 46.1. The molecule has 3 aromatic rings. The Balaban J connectivity index is 1.66. The van der Waals surface area contributed by atoms with E-state index >= 15 is 0 Å². The molecule has 2 N–H and O–H groups in total. The number of nitrogens with zero attached hydrogens (tertiary/aromatic N) is 3. The van der Waals surface area contributed by atoms with Crippen LogP contribution in [0.3, 0.4) is 0 Å². The molecule has 0 aliphatic carbocycles. The average molecular weight is 570 g/mol. The van der Waals surface area contributed by atoms with Crippen LogP contribution < -0.4 is 10.6 Å². The van der Waals surface area contributed by atoms with Gasteiger partial charge >= 0.3 is 11.9 Å². The van der Waals surface area contributed by atoms with Gasteiger partial charge in [-0.3, -0.25) is 14.4 Å². The summed E-state index contributed by atoms with van der Waals surface area (Å²) in [5.41, 5.74) is 2.45. The predicted molar refractivity (Wildman–Crippen MR) is 144 cm³/mol. The zero-order valence-electron chi connectivity index (χ0n) is 20.6. The van der Waals surface area contributed by atoms with Crippen molar-refractivity contribution >= 4 is 61.9 Å². The van der Waals surface area contributed by atoms with Crippen LogP contribution in [0.4, 0.5) is 17.2 Å². The molecule has 194 valence electrons. The summed E-state index contributed by atoms with van der Waals surface area (Å²) in [7, 11) is 0. The van der Waals surface area contributed by atoms with Crippen molar-refractivity contribution in [2.45, 2.75) is 13.8 Å². The molecular formula is C26H28BrN5O5. The highest BCUT2D eigenvalue weighted by atomic mass is 79.9. The van der Waals surface area contributed by atoms with Crippen LogP contribution in [0.2, 0.25) is 0 Å². The van der Waals surface area contributed by atoms with E-state index in [2.05, 4.69) is 36.5 Å². The van der Waals surface area contributed by atoms with Gasteiger partial charge in [-0.15, -0.1) is 0 Å². The summed E-state index contributed by atoms with van der Waals surface area (Å²) in [6.45, 7) is 3.32. The van der Waals surface area contributed by atoms with Crippen LogP contribution in [0, 0.1) is 0 Å². The maximum Gasteiger partial charge on any atom is 0.325 e. The van der Waals surface area contributed by atoms with Crippen molar-refractivity contribution < 1.29 is 23.9 Å². The maximum atomic E-state index is 12.6. The number of carbonyl (C=O) groups excluding carboxylic acids is 3. The highest BCUT2D eigenvalue weighted by molar-refractivity contribution is 9.10. The molecular weight excluding hydrogens is 542 g/mol. The van der Waals surface area contributed by atoms with Gasteiger partial charge in [0.15, 0.2) is 0 Å². The minimum Gasteiger partial charge on any atom is -0.465 e. The molecule has 0 atom stereocenters. The molecule has 0 spiro atoms. The van der Waals surface area contributed by atoms with Gasteiger partial charge in [-0.2, -0.15) is 0 Å². The van der Waals surface area contributed by atoms with Crippen molar-refractivity contribution in [3.63, 3.8) is 0 Å². The fraction of sp³-hybridized carbons (Fsp3) is 0.269. The van der Waals surface area contributed by atoms with Gasteiger partial charge in [-0.05, 0) is 50.2 Å². The molecule has 0 saturated heterocycles. The zero-order chi connectivity index (χ0) is 26.6. The number of nitrogens with one attached hydrogen (secondary N) is 2. The Hall–Kier alpha value is -3.99. The molecule has 0 bridgehead atoms. The monoisotopic (exact) mass is 569 g/mol. The predicted octanol–water partition coefficient (Wildman–Crippen LogP) is 4.06. The lowest BCUT2D eigenvalue weighted by Crippen LogP contribution is -2.39. The second-order valence-corrected chi connectivity index (χ2v) is 8.59. The van der Waals surface area contributed by atoms with Gasteiger partial charge in [0, 0.05) is 33.9 Å². The second kappa shape index (κ2) is 13.9. The molecule has 10 nitrogen and oxygen atoms in total. The van der Waals surface area contributed by atoms with Crippen LogP contribution in [0.25, 0.3) is 10.9 Å². The number of benzene rings is 2.